The van der Waals surface area contributed by atoms with Gasteiger partial charge in [0.25, 0.3) is 0 Å². The Hall–Kier alpha value is -1.86. The highest BCUT2D eigenvalue weighted by Gasteiger charge is 2.42. The van der Waals surface area contributed by atoms with Crippen LogP contribution in [0, 0.1) is 11.6 Å². The van der Waals surface area contributed by atoms with Gasteiger partial charge in [0, 0.05) is 17.7 Å². The molecule has 0 unspecified atom stereocenters. The Morgan fingerprint density at radius 2 is 2.04 bits per heavy atom. The fraction of sp³-hybridized carbons (Fsp3) is 0.500. The maximum Gasteiger partial charge on any atom is 0.137 e. The Bertz CT molecular complexity index is 658. The summed E-state index contributed by atoms with van der Waals surface area (Å²) in [4.78, 5) is 5.99. The summed E-state index contributed by atoms with van der Waals surface area (Å²) in [7, 11) is 0. The summed E-state index contributed by atoms with van der Waals surface area (Å²) in [6.07, 6.45) is 4.94. The van der Waals surface area contributed by atoms with Crippen molar-refractivity contribution in [2.24, 2.45) is 0 Å². The SMILES string of the molecule is C[C@@H](N1CCCC1)[C@](O)(Cn1cncn1)c1ccc(F)cc1F. The number of hydrogen-bond acceptors (Lipinski definition) is 4. The number of aromatic nitrogens is 3. The zero-order chi connectivity index (χ0) is 16.4. The van der Waals surface area contributed by atoms with Gasteiger partial charge in [0.15, 0.2) is 0 Å². The maximum absolute atomic E-state index is 14.4. The van der Waals surface area contributed by atoms with Crippen LogP contribution in [0.25, 0.3) is 0 Å². The molecule has 2 heterocycles. The predicted octanol–water partition coefficient (Wildman–Crippen LogP) is 1.93. The van der Waals surface area contributed by atoms with E-state index in [-0.39, 0.29) is 18.2 Å². The number of aliphatic hydroxyl groups is 1. The van der Waals surface area contributed by atoms with E-state index in [0.29, 0.717) is 0 Å². The van der Waals surface area contributed by atoms with Crippen molar-refractivity contribution in [3.05, 3.63) is 48.1 Å². The Labute approximate surface area is 133 Å². The zero-order valence-electron chi connectivity index (χ0n) is 13.0. The third-order valence-electron chi connectivity index (χ3n) is 4.65. The van der Waals surface area contributed by atoms with Crippen LogP contribution in [0.1, 0.15) is 25.3 Å². The molecule has 0 aliphatic carbocycles. The van der Waals surface area contributed by atoms with Crippen LogP contribution in [0.3, 0.4) is 0 Å². The lowest BCUT2D eigenvalue weighted by molar-refractivity contribution is -0.0578. The second kappa shape index (κ2) is 6.33. The highest BCUT2D eigenvalue weighted by atomic mass is 19.1. The van der Waals surface area contributed by atoms with Gasteiger partial charge in [0.05, 0.1) is 6.54 Å². The smallest absolute Gasteiger partial charge is 0.137 e. The molecule has 2 atom stereocenters. The van der Waals surface area contributed by atoms with Crippen LogP contribution in [0.15, 0.2) is 30.9 Å². The van der Waals surface area contributed by atoms with Gasteiger partial charge in [-0.05, 0) is 38.9 Å². The topological polar surface area (TPSA) is 54.2 Å². The third kappa shape index (κ3) is 3.11. The van der Waals surface area contributed by atoms with E-state index >= 15 is 0 Å². The maximum atomic E-state index is 14.4. The molecule has 1 fully saturated rings. The molecule has 124 valence electrons. The van der Waals surface area contributed by atoms with Gasteiger partial charge in [0.1, 0.15) is 29.9 Å². The average molecular weight is 322 g/mol. The first-order valence-corrected chi connectivity index (χ1v) is 7.75. The van der Waals surface area contributed by atoms with Gasteiger partial charge in [-0.1, -0.05) is 6.07 Å². The van der Waals surface area contributed by atoms with E-state index in [9.17, 15) is 13.9 Å². The second-order valence-electron chi connectivity index (χ2n) is 6.06. The van der Waals surface area contributed by atoms with Gasteiger partial charge in [0.2, 0.25) is 0 Å². The fourth-order valence-electron chi connectivity index (χ4n) is 3.28. The Morgan fingerprint density at radius 1 is 1.30 bits per heavy atom. The molecule has 5 nitrogen and oxygen atoms in total. The van der Waals surface area contributed by atoms with Gasteiger partial charge >= 0.3 is 0 Å². The normalized spacial score (nSPS) is 19.7. The molecule has 1 aromatic heterocycles. The summed E-state index contributed by atoms with van der Waals surface area (Å²) < 4.78 is 29.1. The Kier molecular flexibility index (Phi) is 4.41. The summed E-state index contributed by atoms with van der Waals surface area (Å²) >= 11 is 0. The van der Waals surface area contributed by atoms with Gasteiger partial charge in [-0.2, -0.15) is 5.10 Å². The van der Waals surface area contributed by atoms with Crippen LogP contribution >= 0.6 is 0 Å². The van der Waals surface area contributed by atoms with Crippen molar-refractivity contribution in [3.63, 3.8) is 0 Å². The monoisotopic (exact) mass is 322 g/mol. The molecule has 0 spiro atoms. The Morgan fingerprint density at radius 3 is 2.65 bits per heavy atom. The number of nitrogens with zero attached hydrogens (tertiary/aromatic N) is 4. The fourth-order valence-corrected chi connectivity index (χ4v) is 3.28. The molecule has 0 saturated carbocycles. The van der Waals surface area contributed by atoms with Gasteiger partial charge in [-0.3, -0.25) is 4.90 Å². The van der Waals surface area contributed by atoms with Crippen LogP contribution in [0.5, 0.6) is 0 Å². The van der Waals surface area contributed by atoms with Crippen LogP contribution < -0.4 is 0 Å². The first kappa shape index (κ1) is 16.0. The van der Waals surface area contributed by atoms with E-state index in [1.54, 1.807) is 0 Å². The average Bonchev–Trinajstić information content (AvgIpc) is 3.19. The number of hydrogen-bond donors (Lipinski definition) is 1. The largest absolute Gasteiger partial charge is 0.381 e. The summed E-state index contributed by atoms with van der Waals surface area (Å²) in [5.74, 6) is -1.41. The molecule has 0 amide bonds. The summed E-state index contributed by atoms with van der Waals surface area (Å²) in [5.41, 5.74) is -1.45. The first-order valence-electron chi connectivity index (χ1n) is 7.75. The number of likely N-dealkylation sites (tertiary alicyclic amines) is 1. The van der Waals surface area contributed by atoms with Crippen molar-refractivity contribution in [3.8, 4) is 0 Å². The van der Waals surface area contributed by atoms with Crippen molar-refractivity contribution in [2.75, 3.05) is 13.1 Å². The number of rotatable bonds is 5. The number of benzene rings is 1. The van der Waals surface area contributed by atoms with E-state index in [2.05, 4.69) is 15.0 Å². The van der Waals surface area contributed by atoms with Crippen LogP contribution in [0.2, 0.25) is 0 Å². The van der Waals surface area contributed by atoms with Crippen LogP contribution in [-0.2, 0) is 12.1 Å². The van der Waals surface area contributed by atoms with E-state index in [1.165, 1.54) is 29.5 Å². The lowest BCUT2D eigenvalue weighted by atomic mass is 9.85. The van der Waals surface area contributed by atoms with Gasteiger partial charge in [-0.25, -0.2) is 18.4 Å². The molecule has 0 radical (unpaired) electrons. The molecule has 7 heteroatoms. The predicted molar refractivity (Wildman–Crippen MR) is 80.5 cm³/mol. The molecule has 0 bridgehead atoms. The molecule has 1 saturated heterocycles. The lowest BCUT2D eigenvalue weighted by Crippen LogP contribution is -2.51. The molecule has 2 aromatic rings. The second-order valence-corrected chi connectivity index (χ2v) is 6.06. The van der Waals surface area contributed by atoms with Crippen LogP contribution in [0.4, 0.5) is 8.78 Å². The van der Waals surface area contributed by atoms with Crippen molar-refractivity contribution in [1.82, 2.24) is 19.7 Å². The minimum Gasteiger partial charge on any atom is -0.381 e. The molecule has 1 aromatic carbocycles. The Balaban J connectivity index is 2.00. The third-order valence-corrected chi connectivity index (χ3v) is 4.65. The molecule has 3 rings (SSSR count). The van der Waals surface area contributed by atoms with Crippen molar-refractivity contribution >= 4 is 0 Å². The summed E-state index contributed by atoms with van der Waals surface area (Å²) in [6, 6.07) is 2.95. The summed E-state index contributed by atoms with van der Waals surface area (Å²) in [5, 5.41) is 15.4. The first-order chi connectivity index (χ1) is 11.0. The van der Waals surface area contributed by atoms with Crippen LogP contribution in [-0.4, -0.2) is 43.9 Å². The quantitative estimate of drug-likeness (QED) is 0.914. The van der Waals surface area contributed by atoms with E-state index in [4.69, 9.17) is 0 Å². The molecule has 1 aliphatic heterocycles. The van der Waals surface area contributed by atoms with Gasteiger partial charge < -0.3 is 5.11 Å². The number of halogens is 2. The van der Waals surface area contributed by atoms with E-state index in [0.717, 1.165) is 32.0 Å². The molecular weight excluding hydrogens is 302 g/mol. The molecule has 23 heavy (non-hydrogen) atoms. The highest BCUT2D eigenvalue weighted by Crippen LogP contribution is 2.33. The van der Waals surface area contributed by atoms with Crippen molar-refractivity contribution in [1.29, 1.82) is 0 Å². The molecule has 1 N–H and O–H groups in total. The van der Waals surface area contributed by atoms with Gasteiger partial charge in [-0.15, -0.1) is 0 Å². The minimum absolute atomic E-state index is 0.0488. The molecular formula is C16H20F2N4O. The highest BCUT2D eigenvalue weighted by molar-refractivity contribution is 5.27. The van der Waals surface area contributed by atoms with Crippen molar-refractivity contribution < 1.29 is 13.9 Å². The molecule has 1 aliphatic rings. The zero-order valence-corrected chi connectivity index (χ0v) is 13.0. The van der Waals surface area contributed by atoms with E-state index < -0.39 is 17.2 Å². The minimum atomic E-state index is -1.53. The van der Waals surface area contributed by atoms with Crippen molar-refractivity contribution in [2.45, 2.75) is 38.0 Å². The summed E-state index contributed by atoms with van der Waals surface area (Å²) in [6.45, 7) is 3.62. The lowest BCUT2D eigenvalue weighted by Gasteiger charge is -2.39. The standard InChI is InChI=1S/C16H20F2N4O/c1-12(21-6-2-3-7-21)16(23,9-22-11-19-10-20-22)14-5-4-13(17)8-15(14)18/h4-5,8,10-12,23H,2-3,6-7,9H2,1H3/t12-,16-/m1/s1. The van der Waals surface area contributed by atoms with E-state index in [1.807, 2.05) is 6.92 Å².